The van der Waals surface area contributed by atoms with Gasteiger partial charge in [-0.15, -0.1) is 0 Å². The molecule has 1 heterocycles. The van der Waals surface area contributed by atoms with Crippen molar-refractivity contribution in [3.63, 3.8) is 0 Å². The lowest BCUT2D eigenvalue weighted by Gasteiger charge is -2.27. The maximum atomic E-state index is 14.0. The van der Waals surface area contributed by atoms with E-state index in [0.717, 1.165) is 21.2 Å². The molecule has 0 radical (unpaired) electrons. The number of nitrogens with zero attached hydrogens (tertiary/aromatic N) is 2. The van der Waals surface area contributed by atoms with Gasteiger partial charge in [-0.05, 0) is 34.7 Å². The molecule has 2 atom stereocenters. The highest BCUT2D eigenvalue weighted by Crippen LogP contribution is 2.15. The number of rotatable bonds is 13. The number of aromatic amines is 1. The Morgan fingerprint density at radius 2 is 1.64 bits per heavy atom. The summed E-state index contributed by atoms with van der Waals surface area (Å²) in [5.41, 5.74) is 3.35. The number of H-pyrrole nitrogens is 1. The second-order valence-electron chi connectivity index (χ2n) is 9.96. The molecule has 0 fully saturated rings. The van der Waals surface area contributed by atoms with Gasteiger partial charge in [0.25, 0.3) is 0 Å². The number of hydrogen-bond acceptors (Lipinski definition) is 5. The van der Waals surface area contributed by atoms with Crippen LogP contribution in [0.25, 0.3) is 0 Å². The molecule has 3 N–H and O–H groups in total. The van der Waals surface area contributed by atoms with Gasteiger partial charge in [-0.1, -0.05) is 95.7 Å². The van der Waals surface area contributed by atoms with E-state index in [1.54, 1.807) is 6.20 Å². The zero-order chi connectivity index (χ0) is 29.7. The first-order chi connectivity index (χ1) is 20.4. The maximum Gasteiger partial charge on any atom is 0.408 e. The molecule has 0 saturated carbocycles. The fraction of sp³-hybridized carbons (Fsp3) is 0.250. The number of hydrogen-bond donors (Lipinski definition) is 3. The Bertz CT molecular complexity index is 1420. The molecular weight excluding hydrogens is 598 g/mol. The quantitative estimate of drug-likeness (QED) is 0.193. The van der Waals surface area contributed by atoms with Gasteiger partial charge in [0.1, 0.15) is 12.6 Å². The van der Waals surface area contributed by atoms with Crippen LogP contribution in [0.5, 0.6) is 0 Å². The fourth-order valence-electron chi connectivity index (χ4n) is 4.36. The Morgan fingerprint density at radius 1 is 0.952 bits per heavy atom. The average molecular weight is 633 g/mol. The van der Waals surface area contributed by atoms with E-state index in [1.165, 1.54) is 11.2 Å². The third-order valence-corrected chi connectivity index (χ3v) is 7.21. The Kier molecular flexibility index (Phi) is 11.3. The lowest BCUT2D eigenvalue weighted by Crippen LogP contribution is -2.52. The molecule has 9 nitrogen and oxygen atoms in total. The second kappa shape index (κ2) is 15.5. The topological polar surface area (TPSA) is 116 Å². The molecule has 0 aliphatic carbocycles. The Morgan fingerprint density at radius 3 is 2.31 bits per heavy atom. The number of halogens is 1. The molecule has 0 bridgehead atoms. The van der Waals surface area contributed by atoms with Gasteiger partial charge >= 0.3 is 6.09 Å². The predicted molar refractivity (Wildman–Crippen MR) is 163 cm³/mol. The van der Waals surface area contributed by atoms with Gasteiger partial charge in [-0.25, -0.2) is 9.78 Å². The van der Waals surface area contributed by atoms with Crippen molar-refractivity contribution in [3.8, 4) is 0 Å². The van der Waals surface area contributed by atoms with E-state index < -0.39 is 18.0 Å². The number of nitrogens with one attached hydrogen (secondary N) is 3. The zero-order valence-electron chi connectivity index (χ0n) is 23.3. The average Bonchev–Trinajstić information content (AvgIpc) is 3.53. The van der Waals surface area contributed by atoms with Crippen molar-refractivity contribution in [2.45, 2.75) is 38.5 Å². The van der Waals surface area contributed by atoms with E-state index in [4.69, 9.17) is 4.74 Å². The van der Waals surface area contributed by atoms with E-state index >= 15 is 0 Å². The maximum absolute atomic E-state index is 14.0. The highest BCUT2D eigenvalue weighted by Gasteiger charge is 2.29. The molecule has 218 valence electrons. The van der Waals surface area contributed by atoms with Crippen LogP contribution < -0.4 is 10.6 Å². The van der Waals surface area contributed by atoms with Gasteiger partial charge in [-0.2, -0.15) is 0 Å². The number of alkyl carbamates (subject to hydrolysis) is 1. The molecule has 0 spiro atoms. The van der Waals surface area contributed by atoms with Crippen LogP contribution in [0.1, 0.15) is 35.2 Å². The third-order valence-electron chi connectivity index (χ3n) is 6.68. The van der Waals surface area contributed by atoms with Crippen LogP contribution >= 0.6 is 15.9 Å². The summed E-state index contributed by atoms with van der Waals surface area (Å²) in [4.78, 5) is 48.4. The van der Waals surface area contributed by atoms with E-state index in [1.807, 2.05) is 91.9 Å². The lowest BCUT2D eigenvalue weighted by molar-refractivity contribution is -0.138. The first-order valence-corrected chi connectivity index (χ1v) is 14.5. The second-order valence-corrected chi connectivity index (χ2v) is 10.9. The van der Waals surface area contributed by atoms with Crippen molar-refractivity contribution >= 4 is 33.8 Å². The van der Waals surface area contributed by atoms with Crippen LogP contribution in [0, 0.1) is 0 Å². The van der Waals surface area contributed by atoms with Crippen molar-refractivity contribution in [3.05, 3.63) is 124 Å². The number of benzene rings is 3. The molecule has 0 aliphatic heterocycles. The number of carbonyl (C=O) groups is 3. The molecule has 0 unspecified atom stereocenters. The smallest absolute Gasteiger partial charge is 0.408 e. The van der Waals surface area contributed by atoms with Gasteiger partial charge in [0, 0.05) is 30.2 Å². The van der Waals surface area contributed by atoms with Gasteiger partial charge < -0.3 is 25.3 Å². The first kappa shape index (κ1) is 30.5. The fourth-order valence-corrected chi connectivity index (χ4v) is 4.62. The number of aromatic nitrogens is 2. The van der Waals surface area contributed by atoms with E-state index in [-0.39, 0.29) is 37.9 Å². The van der Waals surface area contributed by atoms with Gasteiger partial charge in [0.15, 0.2) is 0 Å². The number of carbonyl (C=O) groups excluding carboxylic acids is 3. The normalized spacial score (nSPS) is 12.1. The molecule has 3 aromatic carbocycles. The monoisotopic (exact) mass is 631 g/mol. The van der Waals surface area contributed by atoms with Crippen LogP contribution in [0.3, 0.4) is 0 Å². The summed E-state index contributed by atoms with van der Waals surface area (Å²) in [6.45, 7) is 2.50. The number of ether oxygens (including phenoxy) is 1. The van der Waals surface area contributed by atoms with E-state index in [2.05, 4.69) is 36.5 Å². The zero-order valence-corrected chi connectivity index (χ0v) is 24.9. The SMILES string of the molecule is C[C@H](CNC(=O)CN(Cc1ccc(Br)cc1)C(=O)[C@H](Cc1c[nH]cn1)NC(=O)OCc1ccccc1)c1ccccc1. The van der Waals surface area contributed by atoms with Crippen molar-refractivity contribution in [2.24, 2.45) is 0 Å². The minimum atomic E-state index is -1.01. The summed E-state index contributed by atoms with van der Waals surface area (Å²) in [5.74, 6) is -0.628. The highest BCUT2D eigenvalue weighted by atomic mass is 79.9. The molecule has 10 heteroatoms. The summed E-state index contributed by atoms with van der Waals surface area (Å²) in [6, 6.07) is 25.7. The van der Waals surface area contributed by atoms with Gasteiger partial charge in [0.2, 0.25) is 11.8 Å². The molecule has 42 heavy (non-hydrogen) atoms. The summed E-state index contributed by atoms with van der Waals surface area (Å²) < 4.78 is 6.29. The number of amides is 3. The Labute approximate surface area is 253 Å². The molecule has 1 aromatic heterocycles. The molecule has 3 amide bonds. The van der Waals surface area contributed by atoms with E-state index in [0.29, 0.717) is 12.2 Å². The van der Waals surface area contributed by atoms with Gasteiger partial charge in [-0.3, -0.25) is 9.59 Å². The Balaban J connectivity index is 1.48. The first-order valence-electron chi connectivity index (χ1n) is 13.7. The standard InChI is InChI=1S/C32H34BrN5O4/c1-23(26-10-6-3-7-11-26)17-35-30(39)20-38(19-24-12-14-27(33)15-13-24)31(40)29(16-28-18-34-22-36-28)37-32(41)42-21-25-8-4-2-5-9-25/h2-15,18,22-23,29H,16-17,19-21H2,1H3,(H,34,36)(H,35,39)(H,37,41)/t23-,29+/m1/s1. The van der Waals surface area contributed by atoms with Crippen LogP contribution in [0.2, 0.25) is 0 Å². The van der Waals surface area contributed by atoms with Crippen molar-refractivity contribution < 1.29 is 19.1 Å². The minimum absolute atomic E-state index is 0.0562. The largest absolute Gasteiger partial charge is 0.445 e. The van der Waals surface area contributed by atoms with E-state index in [9.17, 15) is 14.4 Å². The van der Waals surface area contributed by atoms with Crippen molar-refractivity contribution in [2.75, 3.05) is 13.1 Å². The third kappa shape index (κ3) is 9.59. The van der Waals surface area contributed by atoms with Crippen molar-refractivity contribution in [1.29, 1.82) is 0 Å². The summed E-state index contributed by atoms with van der Waals surface area (Å²) in [5, 5.41) is 5.66. The highest BCUT2D eigenvalue weighted by molar-refractivity contribution is 9.10. The van der Waals surface area contributed by atoms with Crippen LogP contribution in [0.4, 0.5) is 4.79 Å². The summed E-state index contributed by atoms with van der Waals surface area (Å²) >= 11 is 3.43. The molecule has 4 rings (SSSR count). The van der Waals surface area contributed by atoms with Crippen LogP contribution in [-0.2, 0) is 33.9 Å². The minimum Gasteiger partial charge on any atom is -0.445 e. The molecular formula is C32H34BrN5O4. The summed E-state index contributed by atoms with van der Waals surface area (Å²) in [6.07, 6.45) is 2.55. The van der Waals surface area contributed by atoms with Gasteiger partial charge in [0.05, 0.1) is 18.6 Å². The molecule has 4 aromatic rings. The van der Waals surface area contributed by atoms with Crippen LogP contribution in [0.15, 0.2) is 102 Å². The Hall–Kier alpha value is -4.44. The number of imidazole rings is 1. The van der Waals surface area contributed by atoms with Crippen molar-refractivity contribution in [1.82, 2.24) is 25.5 Å². The van der Waals surface area contributed by atoms with Crippen LogP contribution in [-0.4, -0.2) is 51.9 Å². The lowest BCUT2D eigenvalue weighted by atomic mass is 10.0. The molecule has 0 saturated heterocycles. The predicted octanol–water partition coefficient (Wildman–Crippen LogP) is 4.96. The molecule has 0 aliphatic rings. The summed E-state index contributed by atoms with van der Waals surface area (Å²) in [7, 11) is 0.